The maximum atomic E-state index is 9.51. The van der Waals surface area contributed by atoms with Crippen molar-refractivity contribution in [2.45, 2.75) is 0 Å². The van der Waals surface area contributed by atoms with Crippen molar-refractivity contribution in [2.75, 3.05) is 5.73 Å². The summed E-state index contributed by atoms with van der Waals surface area (Å²) < 4.78 is 0. The van der Waals surface area contributed by atoms with E-state index < -0.39 is 0 Å². The monoisotopic (exact) mass is 236 g/mol. The van der Waals surface area contributed by atoms with Gasteiger partial charge in [-0.05, 0) is 40.8 Å². The molecular weight excluding hydrogens is 224 g/mol. The van der Waals surface area contributed by atoms with Gasteiger partial charge < -0.3 is 10.8 Å². The van der Waals surface area contributed by atoms with Gasteiger partial charge in [0.25, 0.3) is 0 Å². The number of nitrogen functional groups attached to an aromatic ring is 1. The number of hydrogen-bond donors (Lipinski definition) is 2. The number of benzene rings is 2. The third-order valence-electron chi connectivity index (χ3n) is 2.98. The lowest BCUT2D eigenvalue weighted by Gasteiger charge is -2.06. The van der Waals surface area contributed by atoms with Crippen molar-refractivity contribution < 1.29 is 5.11 Å². The summed E-state index contributed by atoms with van der Waals surface area (Å²) in [7, 11) is 0. The Balaban J connectivity index is 2.22. The molecule has 0 unspecified atom stereocenters. The van der Waals surface area contributed by atoms with Crippen molar-refractivity contribution in [3.8, 4) is 16.9 Å². The van der Waals surface area contributed by atoms with E-state index in [9.17, 15) is 5.11 Å². The Hall–Kier alpha value is -2.55. The van der Waals surface area contributed by atoms with E-state index in [1.165, 1.54) is 0 Å². The van der Waals surface area contributed by atoms with Crippen molar-refractivity contribution >= 4 is 16.6 Å². The highest BCUT2D eigenvalue weighted by Crippen LogP contribution is 2.28. The maximum Gasteiger partial charge on any atom is 0.131 e. The van der Waals surface area contributed by atoms with E-state index in [4.69, 9.17) is 5.73 Å². The quantitative estimate of drug-likeness (QED) is 0.682. The van der Waals surface area contributed by atoms with Crippen molar-refractivity contribution in [1.29, 1.82) is 0 Å². The summed E-state index contributed by atoms with van der Waals surface area (Å²) in [5.41, 5.74) is 7.84. The molecule has 0 radical (unpaired) electrons. The standard InChI is InChI=1S/C15H12N2O/c16-15-14-9-12(5-4-10(14)6-7-17-15)11-2-1-3-13(18)8-11/h1-9,18H,(H2,16,17). The van der Waals surface area contributed by atoms with Crippen LogP contribution in [0.3, 0.4) is 0 Å². The molecule has 0 atom stereocenters. The van der Waals surface area contributed by atoms with Crippen LogP contribution < -0.4 is 5.73 Å². The highest BCUT2D eigenvalue weighted by molar-refractivity contribution is 5.94. The Morgan fingerprint density at radius 2 is 1.78 bits per heavy atom. The molecule has 18 heavy (non-hydrogen) atoms. The third kappa shape index (κ3) is 1.76. The first-order valence-electron chi connectivity index (χ1n) is 5.68. The predicted octanol–water partition coefficient (Wildman–Crippen LogP) is 3.19. The molecule has 0 aliphatic heterocycles. The molecule has 3 heteroatoms. The van der Waals surface area contributed by atoms with E-state index in [1.807, 2.05) is 36.4 Å². The zero-order valence-corrected chi connectivity index (χ0v) is 9.67. The second-order valence-corrected chi connectivity index (χ2v) is 4.18. The van der Waals surface area contributed by atoms with Crippen LogP contribution in [0.15, 0.2) is 54.7 Å². The molecular formula is C15H12N2O. The van der Waals surface area contributed by atoms with Crippen LogP contribution in [0.5, 0.6) is 5.75 Å². The van der Waals surface area contributed by atoms with E-state index in [2.05, 4.69) is 4.98 Å². The number of nitrogens with zero attached hydrogens (tertiary/aromatic N) is 1. The summed E-state index contributed by atoms with van der Waals surface area (Å²) in [6, 6.07) is 15.1. The molecule has 0 amide bonds. The minimum absolute atomic E-state index is 0.256. The molecule has 0 bridgehead atoms. The van der Waals surface area contributed by atoms with Crippen LogP contribution >= 0.6 is 0 Å². The number of rotatable bonds is 1. The Kier molecular flexibility index (Phi) is 2.38. The number of aromatic hydroxyl groups is 1. The summed E-state index contributed by atoms with van der Waals surface area (Å²) in [6.07, 6.45) is 1.70. The minimum atomic E-state index is 0.256. The van der Waals surface area contributed by atoms with Gasteiger partial charge in [-0.25, -0.2) is 4.98 Å². The van der Waals surface area contributed by atoms with Gasteiger partial charge in [0.1, 0.15) is 11.6 Å². The summed E-state index contributed by atoms with van der Waals surface area (Å²) in [5, 5.41) is 11.5. The van der Waals surface area contributed by atoms with Crippen molar-refractivity contribution in [3.05, 3.63) is 54.7 Å². The fourth-order valence-electron chi connectivity index (χ4n) is 2.06. The number of aromatic nitrogens is 1. The van der Waals surface area contributed by atoms with Gasteiger partial charge in [-0.3, -0.25) is 0 Å². The van der Waals surface area contributed by atoms with Gasteiger partial charge >= 0.3 is 0 Å². The fourth-order valence-corrected chi connectivity index (χ4v) is 2.06. The van der Waals surface area contributed by atoms with Crippen LogP contribution in [-0.2, 0) is 0 Å². The van der Waals surface area contributed by atoms with Gasteiger partial charge in [0.15, 0.2) is 0 Å². The number of hydrogen-bond acceptors (Lipinski definition) is 3. The van der Waals surface area contributed by atoms with Gasteiger partial charge in [-0.2, -0.15) is 0 Å². The number of anilines is 1. The van der Waals surface area contributed by atoms with Crippen molar-refractivity contribution in [1.82, 2.24) is 4.98 Å². The number of pyridine rings is 1. The lowest BCUT2D eigenvalue weighted by Crippen LogP contribution is -1.90. The molecule has 3 N–H and O–H groups in total. The predicted molar refractivity (Wildman–Crippen MR) is 73.3 cm³/mol. The SMILES string of the molecule is Nc1nccc2ccc(-c3cccc(O)c3)cc12. The average Bonchev–Trinajstić information content (AvgIpc) is 2.39. The molecule has 0 saturated carbocycles. The molecule has 0 spiro atoms. The van der Waals surface area contributed by atoms with Crippen LogP contribution in [0, 0.1) is 0 Å². The first-order valence-corrected chi connectivity index (χ1v) is 5.68. The summed E-state index contributed by atoms with van der Waals surface area (Å²) in [6.45, 7) is 0. The first kappa shape index (κ1) is 10.6. The average molecular weight is 236 g/mol. The van der Waals surface area contributed by atoms with Crippen molar-refractivity contribution in [2.24, 2.45) is 0 Å². The normalized spacial score (nSPS) is 10.7. The molecule has 3 aromatic rings. The minimum Gasteiger partial charge on any atom is -0.508 e. The van der Waals surface area contributed by atoms with Crippen LogP contribution in [0.25, 0.3) is 21.9 Å². The molecule has 0 fully saturated rings. The highest BCUT2D eigenvalue weighted by atomic mass is 16.3. The van der Waals surface area contributed by atoms with E-state index in [0.29, 0.717) is 5.82 Å². The number of phenols is 1. The maximum absolute atomic E-state index is 9.51. The Bertz CT molecular complexity index is 723. The second kappa shape index (κ2) is 4.04. The van der Waals surface area contributed by atoms with Gasteiger partial charge in [-0.15, -0.1) is 0 Å². The second-order valence-electron chi connectivity index (χ2n) is 4.18. The number of nitrogens with two attached hydrogens (primary N) is 1. The topological polar surface area (TPSA) is 59.1 Å². The molecule has 0 saturated heterocycles. The van der Waals surface area contributed by atoms with E-state index in [-0.39, 0.29) is 5.75 Å². The molecule has 2 aromatic carbocycles. The summed E-state index contributed by atoms with van der Waals surface area (Å²) in [5.74, 6) is 0.779. The third-order valence-corrected chi connectivity index (χ3v) is 2.98. The Morgan fingerprint density at radius 3 is 2.61 bits per heavy atom. The van der Waals surface area contributed by atoms with Crippen LogP contribution in [-0.4, -0.2) is 10.1 Å². The largest absolute Gasteiger partial charge is 0.508 e. The highest BCUT2D eigenvalue weighted by Gasteiger charge is 2.03. The Labute approximate surface area is 105 Å². The molecule has 88 valence electrons. The molecule has 0 aliphatic carbocycles. The van der Waals surface area contributed by atoms with Crippen molar-refractivity contribution in [3.63, 3.8) is 0 Å². The zero-order valence-electron chi connectivity index (χ0n) is 9.67. The molecule has 1 aromatic heterocycles. The van der Waals surface area contributed by atoms with Crippen LogP contribution in [0.2, 0.25) is 0 Å². The first-order chi connectivity index (χ1) is 8.74. The molecule has 0 aliphatic rings. The van der Waals surface area contributed by atoms with Gasteiger partial charge in [0.05, 0.1) is 0 Å². The van der Waals surface area contributed by atoms with Gasteiger partial charge in [0, 0.05) is 11.6 Å². The van der Waals surface area contributed by atoms with Gasteiger partial charge in [0.2, 0.25) is 0 Å². The van der Waals surface area contributed by atoms with E-state index >= 15 is 0 Å². The Morgan fingerprint density at radius 1 is 0.944 bits per heavy atom. The smallest absolute Gasteiger partial charge is 0.131 e. The number of phenolic OH excluding ortho intramolecular Hbond substituents is 1. The lowest BCUT2D eigenvalue weighted by molar-refractivity contribution is 0.475. The lowest BCUT2D eigenvalue weighted by atomic mass is 10.0. The van der Waals surface area contributed by atoms with E-state index in [0.717, 1.165) is 21.9 Å². The zero-order chi connectivity index (χ0) is 12.5. The molecule has 1 heterocycles. The van der Waals surface area contributed by atoms with Crippen LogP contribution in [0.4, 0.5) is 5.82 Å². The molecule has 3 rings (SSSR count). The fraction of sp³-hybridized carbons (Fsp3) is 0. The van der Waals surface area contributed by atoms with Crippen LogP contribution in [0.1, 0.15) is 0 Å². The van der Waals surface area contributed by atoms with E-state index in [1.54, 1.807) is 18.3 Å². The summed E-state index contributed by atoms with van der Waals surface area (Å²) >= 11 is 0. The summed E-state index contributed by atoms with van der Waals surface area (Å²) in [4.78, 5) is 4.09. The van der Waals surface area contributed by atoms with Gasteiger partial charge in [-0.1, -0.05) is 24.3 Å². The molecule has 3 nitrogen and oxygen atoms in total. The number of fused-ring (bicyclic) bond motifs is 1.